The predicted molar refractivity (Wildman–Crippen MR) is 99.8 cm³/mol. The van der Waals surface area contributed by atoms with E-state index in [0.29, 0.717) is 23.0 Å². The maximum Gasteiger partial charge on any atom is 0.293 e. The average molecular weight is 366 g/mol. The zero-order chi connectivity index (χ0) is 19.3. The van der Waals surface area contributed by atoms with E-state index < -0.39 is 11.0 Å². The van der Waals surface area contributed by atoms with Crippen molar-refractivity contribution >= 4 is 22.5 Å². The Balaban J connectivity index is 1.98. The Labute approximate surface area is 154 Å². The Kier molecular flexibility index (Phi) is 3.85. The van der Waals surface area contributed by atoms with E-state index >= 15 is 0 Å². The Hall–Kier alpha value is -3.39. The third-order valence-corrected chi connectivity index (χ3v) is 4.76. The zero-order valence-electron chi connectivity index (χ0n) is 14.8. The number of carbonyl (C=O) groups is 1. The molecule has 27 heavy (non-hydrogen) atoms. The highest BCUT2D eigenvalue weighted by atomic mass is 16.6. The number of aromatic amines is 1. The maximum absolute atomic E-state index is 12.4. The van der Waals surface area contributed by atoms with Gasteiger partial charge in [-0.2, -0.15) is 0 Å². The number of nitro groups is 1. The van der Waals surface area contributed by atoms with Crippen LogP contribution in [0.15, 0.2) is 36.4 Å². The molecule has 1 atom stereocenters. The first-order chi connectivity index (χ1) is 12.9. The highest BCUT2D eigenvalue weighted by Crippen LogP contribution is 2.40. The largest absolute Gasteiger partial charge is 0.508 e. The van der Waals surface area contributed by atoms with Crippen molar-refractivity contribution in [2.45, 2.75) is 12.6 Å². The van der Waals surface area contributed by atoms with E-state index in [2.05, 4.69) is 10.3 Å². The minimum Gasteiger partial charge on any atom is -0.508 e. The van der Waals surface area contributed by atoms with E-state index in [1.165, 1.54) is 18.2 Å². The molecule has 138 valence electrons. The lowest BCUT2D eigenvalue weighted by molar-refractivity contribution is -0.383. The molecule has 1 aliphatic heterocycles. The van der Waals surface area contributed by atoms with Gasteiger partial charge in [-0.15, -0.1) is 0 Å². The maximum atomic E-state index is 12.4. The number of carbonyl (C=O) groups excluding carboxylic acids is 1. The number of amides is 1. The molecular formula is C19H18N4O4. The van der Waals surface area contributed by atoms with Crippen molar-refractivity contribution in [3.63, 3.8) is 0 Å². The summed E-state index contributed by atoms with van der Waals surface area (Å²) in [4.78, 5) is 28.6. The van der Waals surface area contributed by atoms with Crippen molar-refractivity contribution in [2.24, 2.45) is 0 Å². The second-order valence-electron chi connectivity index (χ2n) is 6.89. The van der Waals surface area contributed by atoms with E-state index in [0.717, 1.165) is 16.8 Å². The van der Waals surface area contributed by atoms with Gasteiger partial charge >= 0.3 is 0 Å². The summed E-state index contributed by atoms with van der Waals surface area (Å²) in [5.41, 5.74) is 3.20. The number of phenols is 1. The number of nitrogens with zero attached hydrogens (tertiary/aromatic N) is 2. The van der Waals surface area contributed by atoms with Gasteiger partial charge in [-0.25, -0.2) is 0 Å². The monoisotopic (exact) mass is 366 g/mol. The minimum absolute atomic E-state index is 0.00555. The molecule has 0 aliphatic carbocycles. The number of H-pyrrole nitrogens is 1. The molecule has 0 bridgehead atoms. The number of benzene rings is 2. The molecule has 1 aliphatic rings. The number of para-hydroxylation sites is 1. The molecule has 8 nitrogen and oxygen atoms in total. The van der Waals surface area contributed by atoms with E-state index in [1.807, 2.05) is 25.1 Å². The number of hydrogen-bond acceptors (Lipinski definition) is 5. The molecule has 2 aromatic carbocycles. The molecule has 2 heterocycles. The second kappa shape index (κ2) is 6.10. The first kappa shape index (κ1) is 17.0. The number of nitro benzene ring substituents is 1. The Bertz CT molecular complexity index is 1090. The molecule has 0 fully saturated rings. The Morgan fingerprint density at radius 3 is 2.74 bits per heavy atom. The van der Waals surface area contributed by atoms with Crippen molar-refractivity contribution in [1.82, 2.24) is 15.2 Å². The van der Waals surface area contributed by atoms with Gasteiger partial charge < -0.3 is 20.3 Å². The normalized spacial score (nSPS) is 16.0. The van der Waals surface area contributed by atoms with Gasteiger partial charge in [0.25, 0.3) is 11.6 Å². The van der Waals surface area contributed by atoms with Gasteiger partial charge in [0, 0.05) is 34.8 Å². The van der Waals surface area contributed by atoms with Crippen molar-refractivity contribution in [3.8, 4) is 5.75 Å². The van der Waals surface area contributed by atoms with Gasteiger partial charge in [0.15, 0.2) is 0 Å². The van der Waals surface area contributed by atoms with Crippen LogP contribution in [0.3, 0.4) is 0 Å². The van der Waals surface area contributed by atoms with Crippen LogP contribution in [0.2, 0.25) is 0 Å². The summed E-state index contributed by atoms with van der Waals surface area (Å²) in [6, 6.07) is 9.16. The van der Waals surface area contributed by atoms with E-state index in [9.17, 15) is 20.0 Å². The van der Waals surface area contributed by atoms with Gasteiger partial charge in [-0.05, 0) is 31.8 Å². The molecule has 4 rings (SSSR count). The number of nitrogens with one attached hydrogen (secondary N) is 2. The van der Waals surface area contributed by atoms with Crippen LogP contribution in [0.25, 0.3) is 10.9 Å². The zero-order valence-corrected chi connectivity index (χ0v) is 14.8. The highest BCUT2D eigenvalue weighted by Gasteiger charge is 2.34. The molecule has 0 spiro atoms. The molecule has 0 radical (unpaired) electrons. The summed E-state index contributed by atoms with van der Waals surface area (Å²) in [7, 11) is 3.81. The lowest BCUT2D eigenvalue weighted by Crippen LogP contribution is -2.22. The topological polar surface area (TPSA) is 112 Å². The lowest BCUT2D eigenvalue weighted by atomic mass is 9.95. The van der Waals surface area contributed by atoms with Crippen LogP contribution in [0.5, 0.6) is 5.75 Å². The van der Waals surface area contributed by atoms with Crippen molar-refractivity contribution in [1.29, 1.82) is 0 Å². The fourth-order valence-corrected chi connectivity index (χ4v) is 3.71. The molecule has 8 heteroatoms. The summed E-state index contributed by atoms with van der Waals surface area (Å²) in [6.45, 7) is 0.529. The molecule has 3 N–H and O–H groups in total. The third kappa shape index (κ3) is 2.70. The average Bonchev–Trinajstić information content (AvgIpc) is 3.11. The van der Waals surface area contributed by atoms with Crippen molar-refractivity contribution in [3.05, 3.63) is 68.9 Å². The van der Waals surface area contributed by atoms with Gasteiger partial charge in [-0.1, -0.05) is 18.2 Å². The number of rotatable bonds is 4. The van der Waals surface area contributed by atoms with E-state index in [4.69, 9.17) is 0 Å². The molecule has 3 aromatic rings. The second-order valence-corrected chi connectivity index (χ2v) is 6.89. The van der Waals surface area contributed by atoms with Crippen LogP contribution in [-0.4, -0.2) is 39.9 Å². The Morgan fingerprint density at radius 2 is 2.04 bits per heavy atom. The predicted octanol–water partition coefficient (Wildman–Crippen LogP) is 2.68. The van der Waals surface area contributed by atoms with E-state index in [1.54, 1.807) is 12.1 Å². The van der Waals surface area contributed by atoms with Crippen molar-refractivity contribution < 1.29 is 14.8 Å². The van der Waals surface area contributed by atoms with Crippen LogP contribution in [0.4, 0.5) is 5.69 Å². The molecular weight excluding hydrogens is 348 g/mol. The molecule has 0 saturated heterocycles. The third-order valence-electron chi connectivity index (χ3n) is 4.76. The number of fused-ring (bicyclic) bond motifs is 2. The van der Waals surface area contributed by atoms with Crippen LogP contribution in [0, 0.1) is 10.1 Å². The number of phenolic OH excluding ortho intramolecular Hbond substituents is 1. The van der Waals surface area contributed by atoms with Crippen LogP contribution in [-0.2, 0) is 6.54 Å². The first-order valence-corrected chi connectivity index (χ1v) is 8.43. The molecule has 0 saturated carbocycles. The first-order valence-electron chi connectivity index (χ1n) is 8.43. The SMILES string of the molecule is CN(C)Cc1[nH]c2c([N+](=O)[O-])cccc2c1C1NC(=O)c2cc(O)ccc21. The number of aromatic hydroxyl groups is 1. The summed E-state index contributed by atoms with van der Waals surface area (Å²) in [5.74, 6) is -0.255. The fraction of sp³-hybridized carbons (Fsp3) is 0.211. The highest BCUT2D eigenvalue weighted by molar-refractivity contribution is 6.02. The Morgan fingerprint density at radius 1 is 1.26 bits per heavy atom. The summed E-state index contributed by atoms with van der Waals surface area (Å²) in [6.07, 6.45) is 0. The van der Waals surface area contributed by atoms with Crippen molar-refractivity contribution in [2.75, 3.05) is 14.1 Å². The molecule has 1 unspecified atom stereocenters. The number of aromatic nitrogens is 1. The van der Waals surface area contributed by atoms with Crippen LogP contribution < -0.4 is 5.32 Å². The minimum atomic E-state index is -0.446. The molecule has 1 aromatic heterocycles. The van der Waals surface area contributed by atoms with Crippen LogP contribution in [0.1, 0.15) is 33.2 Å². The summed E-state index contributed by atoms with van der Waals surface area (Å²) in [5, 5.41) is 24.8. The quantitative estimate of drug-likeness (QED) is 0.485. The van der Waals surface area contributed by atoms with Gasteiger partial charge in [0.05, 0.1) is 11.0 Å². The smallest absolute Gasteiger partial charge is 0.293 e. The van der Waals surface area contributed by atoms with Gasteiger partial charge in [-0.3, -0.25) is 14.9 Å². The van der Waals surface area contributed by atoms with Crippen LogP contribution >= 0.6 is 0 Å². The van der Waals surface area contributed by atoms with Gasteiger partial charge in [0.2, 0.25) is 0 Å². The van der Waals surface area contributed by atoms with E-state index in [-0.39, 0.29) is 17.3 Å². The number of non-ortho nitro benzene ring substituents is 1. The van der Waals surface area contributed by atoms with Gasteiger partial charge in [0.1, 0.15) is 11.3 Å². The fourth-order valence-electron chi connectivity index (χ4n) is 3.71. The summed E-state index contributed by atoms with van der Waals surface area (Å²) >= 11 is 0. The summed E-state index contributed by atoms with van der Waals surface area (Å²) < 4.78 is 0. The standard InChI is InChI=1S/C19H18N4O4/c1-22(2)9-14-16(12-4-3-5-15(23(26)27)17(12)20-14)18-11-7-6-10(24)8-13(11)19(25)21-18/h3-8,18,20,24H,9H2,1-2H3,(H,21,25). The lowest BCUT2D eigenvalue weighted by Gasteiger charge is -2.16. The number of hydrogen-bond donors (Lipinski definition) is 3. The molecule has 1 amide bonds.